The van der Waals surface area contributed by atoms with Crippen LogP contribution in [0.1, 0.15) is 16.7 Å². The van der Waals surface area contributed by atoms with Gasteiger partial charge < -0.3 is 8.92 Å². The van der Waals surface area contributed by atoms with Crippen molar-refractivity contribution in [3.05, 3.63) is 56.7 Å². The molecule has 1 aliphatic rings. The van der Waals surface area contributed by atoms with Gasteiger partial charge in [0, 0.05) is 28.8 Å². The van der Waals surface area contributed by atoms with Gasteiger partial charge in [0.25, 0.3) is 0 Å². The molecule has 1 saturated heterocycles. The lowest BCUT2D eigenvalue weighted by molar-refractivity contribution is 0.0339. The van der Waals surface area contributed by atoms with Gasteiger partial charge in [-0.15, -0.1) is 0 Å². The molecular formula is C19H22INO4S. The summed E-state index contributed by atoms with van der Waals surface area (Å²) in [6.07, 6.45) is 0. The van der Waals surface area contributed by atoms with E-state index in [1.165, 1.54) is 0 Å². The Hall–Kier alpha value is -1.16. The monoisotopic (exact) mass is 487 g/mol. The molecule has 0 atom stereocenters. The minimum absolute atomic E-state index is 0.161. The molecule has 2 aromatic carbocycles. The second kappa shape index (κ2) is 8.24. The maximum Gasteiger partial charge on any atom is 0.339 e. The van der Waals surface area contributed by atoms with Crippen molar-refractivity contribution >= 4 is 32.7 Å². The normalized spacial score (nSPS) is 15.8. The van der Waals surface area contributed by atoms with E-state index in [0.29, 0.717) is 25.5 Å². The van der Waals surface area contributed by atoms with E-state index >= 15 is 0 Å². The van der Waals surface area contributed by atoms with E-state index in [1.54, 1.807) is 30.3 Å². The zero-order valence-electron chi connectivity index (χ0n) is 14.9. The number of nitrogens with zero attached hydrogens (tertiary/aromatic N) is 1. The third-order valence-electron chi connectivity index (χ3n) is 4.36. The maximum absolute atomic E-state index is 12.7. The van der Waals surface area contributed by atoms with E-state index in [-0.39, 0.29) is 4.90 Å². The number of ether oxygens (including phenoxy) is 1. The lowest BCUT2D eigenvalue weighted by Gasteiger charge is -2.28. The standard InChI is InChI=1S/C19H22INO4S/c1-14-11-15(2)18(13-21-7-9-24-10-8-21)19(12-14)25-26(22,23)17-5-3-16(20)4-6-17/h3-6,11-12H,7-10,13H2,1-2H3. The summed E-state index contributed by atoms with van der Waals surface area (Å²) in [6, 6.07) is 10.5. The minimum atomic E-state index is -3.87. The molecule has 0 unspecified atom stereocenters. The Morgan fingerprint density at radius 2 is 1.77 bits per heavy atom. The van der Waals surface area contributed by atoms with Crippen LogP contribution in [0.15, 0.2) is 41.3 Å². The van der Waals surface area contributed by atoms with Crippen LogP contribution >= 0.6 is 22.6 Å². The number of hydrogen-bond donors (Lipinski definition) is 0. The second-order valence-electron chi connectivity index (χ2n) is 6.44. The summed E-state index contributed by atoms with van der Waals surface area (Å²) >= 11 is 2.14. The number of benzene rings is 2. The van der Waals surface area contributed by atoms with Gasteiger partial charge in [-0.25, -0.2) is 0 Å². The Kier molecular flexibility index (Phi) is 6.21. The molecule has 0 saturated carbocycles. The van der Waals surface area contributed by atoms with Gasteiger partial charge in [0.1, 0.15) is 10.6 Å². The Balaban J connectivity index is 1.91. The highest BCUT2D eigenvalue weighted by Gasteiger charge is 2.21. The lowest BCUT2D eigenvalue weighted by Crippen LogP contribution is -2.36. The highest BCUT2D eigenvalue weighted by atomic mass is 127. The second-order valence-corrected chi connectivity index (χ2v) is 9.23. The first kappa shape index (κ1) is 19.6. The number of rotatable bonds is 5. The van der Waals surface area contributed by atoms with Gasteiger partial charge in [-0.3, -0.25) is 4.90 Å². The van der Waals surface area contributed by atoms with Gasteiger partial charge in [0.05, 0.1) is 13.2 Å². The Morgan fingerprint density at radius 1 is 1.12 bits per heavy atom. The molecule has 5 nitrogen and oxygen atoms in total. The van der Waals surface area contributed by atoms with Crippen LogP contribution in [0.2, 0.25) is 0 Å². The smallest absolute Gasteiger partial charge is 0.339 e. The first-order valence-corrected chi connectivity index (χ1v) is 10.9. The Morgan fingerprint density at radius 3 is 2.42 bits per heavy atom. The highest BCUT2D eigenvalue weighted by Crippen LogP contribution is 2.29. The molecule has 1 fully saturated rings. The number of morpholine rings is 1. The molecule has 26 heavy (non-hydrogen) atoms. The summed E-state index contributed by atoms with van der Waals surface area (Å²) in [5, 5.41) is 0. The van der Waals surface area contributed by atoms with Crippen LogP contribution < -0.4 is 4.18 Å². The molecule has 0 aliphatic carbocycles. The summed E-state index contributed by atoms with van der Waals surface area (Å²) in [6.45, 7) is 7.63. The predicted octanol–water partition coefficient (Wildman–Crippen LogP) is 3.51. The zero-order chi connectivity index (χ0) is 18.7. The van der Waals surface area contributed by atoms with Gasteiger partial charge in [0.2, 0.25) is 0 Å². The first-order chi connectivity index (χ1) is 12.3. The molecule has 0 aromatic heterocycles. The van der Waals surface area contributed by atoms with Crippen molar-refractivity contribution in [2.24, 2.45) is 0 Å². The van der Waals surface area contributed by atoms with Crippen molar-refractivity contribution in [1.29, 1.82) is 0 Å². The summed E-state index contributed by atoms with van der Waals surface area (Å²) in [7, 11) is -3.87. The van der Waals surface area contributed by atoms with Gasteiger partial charge in [-0.05, 0) is 77.9 Å². The summed E-state index contributed by atoms with van der Waals surface area (Å²) in [4.78, 5) is 2.42. The molecule has 0 bridgehead atoms. The van der Waals surface area contributed by atoms with Crippen LogP contribution in [0, 0.1) is 17.4 Å². The zero-order valence-corrected chi connectivity index (χ0v) is 17.8. The van der Waals surface area contributed by atoms with E-state index in [4.69, 9.17) is 8.92 Å². The van der Waals surface area contributed by atoms with Crippen LogP contribution in [-0.4, -0.2) is 39.6 Å². The largest absolute Gasteiger partial charge is 0.379 e. The van der Waals surface area contributed by atoms with Gasteiger partial charge in [-0.2, -0.15) is 8.42 Å². The van der Waals surface area contributed by atoms with Crippen molar-refractivity contribution in [1.82, 2.24) is 4.90 Å². The van der Waals surface area contributed by atoms with Crippen molar-refractivity contribution in [3.63, 3.8) is 0 Å². The van der Waals surface area contributed by atoms with E-state index in [1.807, 2.05) is 13.8 Å². The molecule has 140 valence electrons. The van der Waals surface area contributed by atoms with Gasteiger partial charge >= 0.3 is 10.1 Å². The molecule has 0 spiro atoms. The number of hydrogen-bond acceptors (Lipinski definition) is 5. The van der Waals surface area contributed by atoms with E-state index in [9.17, 15) is 8.42 Å². The van der Waals surface area contributed by atoms with E-state index in [0.717, 1.165) is 33.4 Å². The lowest BCUT2D eigenvalue weighted by atomic mass is 10.0. The van der Waals surface area contributed by atoms with Crippen LogP contribution in [0.5, 0.6) is 5.75 Å². The molecule has 7 heteroatoms. The average Bonchev–Trinajstić information content (AvgIpc) is 2.59. The fourth-order valence-electron chi connectivity index (χ4n) is 2.99. The third kappa shape index (κ3) is 4.76. The average molecular weight is 487 g/mol. The molecule has 0 radical (unpaired) electrons. The fourth-order valence-corrected chi connectivity index (χ4v) is 4.30. The fraction of sp³-hybridized carbons (Fsp3) is 0.368. The SMILES string of the molecule is Cc1cc(C)c(CN2CCOCC2)c(OS(=O)(=O)c2ccc(I)cc2)c1. The maximum atomic E-state index is 12.7. The summed E-state index contributed by atoms with van der Waals surface area (Å²) in [5.74, 6) is 0.410. The van der Waals surface area contributed by atoms with Crippen LogP contribution in [-0.2, 0) is 21.4 Å². The van der Waals surface area contributed by atoms with Gasteiger partial charge in [0.15, 0.2) is 0 Å². The predicted molar refractivity (Wildman–Crippen MR) is 109 cm³/mol. The quantitative estimate of drug-likeness (QED) is 0.478. The van der Waals surface area contributed by atoms with Gasteiger partial charge in [-0.1, -0.05) is 6.07 Å². The van der Waals surface area contributed by atoms with Crippen LogP contribution in [0.3, 0.4) is 0 Å². The van der Waals surface area contributed by atoms with Crippen molar-refractivity contribution < 1.29 is 17.3 Å². The molecule has 2 aromatic rings. The molecule has 0 amide bonds. The topological polar surface area (TPSA) is 55.8 Å². The third-order valence-corrected chi connectivity index (χ3v) is 6.33. The molecule has 0 N–H and O–H groups in total. The van der Waals surface area contributed by atoms with Crippen LogP contribution in [0.25, 0.3) is 0 Å². The van der Waals surface area contributed by atoms with Crippen LogP contribution in [0.4, 0.5) is 0 Å². The Bertz CT molecular complexity index is 875. The highest BCUT2D eigenvalue weighted by molar-refractivity contribution is 14.1. The summed E-state index contributed by atoms with van der Waals surface area (Å²) < 4.78 is 37.4. The van der Waals surface area contributed by atoms with Crippen molar-refractivity contribution in [3.8, 4) is 5.75 Å². The number of halogens is 1. The summed E-state index contributed by atoms with van der Waals surface area (Å²) in [5.41, 5.74) is 2.91. The number of aryl methyl sites for hydroxylation is 2. The molecule has 1 heterocycles. The molecule has 3 rings (SSSR count). The van der Waals surface area contributed by atoms with E-state index < -0.39 is 10.1 Å². The molecular weight excluding hydrogens is 465 g/mol. The van der Waals surface area contributed by atoms with E-state index in [2.05, 4.69) is 33.6 Å². The van der Waals surface area contributed by atoms with Crippen molar-refractivity contribution in [2.45, 2.75) is 25.3 Å². The Labute approximate surface area is 168 Å². The first-order valence-electron chi connectivity index (χ1n) is 8.45. The molecule has 1 aliphatic heterocycles. The minimum Gasteiger partial charge on any atom is -0.379 e. The van der Waals surface area contributed by atoms with Crippen molar-refractivity contribution in [2.75, 3.05) is 26.3 Å².